The number of ether oxygens (including phenoxy) is 1. The van der Waals surface area contributed by atoms with Gasteiger partial charge in [-0.1, -0.05) is 12.1 Å². The minimum absolute atomic E-state index is 0.422. The molecule has 3 rings (SSSR count). The first-order chi connectivity index (χ1) is 14.3. The van der Waals surface area contributed by atoms with E-state index in [4.69, 9.17) is 10.00 Å². The Balaban J connectivity index is 1.80. The highest BCUT2D eigenvalue weighted by atomic mass is 16.6. The van der Waals surface area contributed by atoms with Gasteiger partial charge in [-0.2, -0.15) is 5.26 Å². The van der Waals surface area contributed by atoms with Crippen molar-refractivity contribution in [3.05, 3.63) is 59.8 Å². The largest absolute Gasteiger partial charge is 0.444 e. The first-order valence-electron chi connectivity index (χ1n) is 9.86. The number of nitrogens with zero attached hydrogens (tertiary/aromatic N) is 2. The van der Waals surface area contributed by atoms with Gasteiger partial charge in [0.05, 0.1) is 11.6 Å². The molecular weight excluding hydrogens is 378 g/mol. The van der Waals surface area contributed by atoms with Crippen LogP contribution in [0.15, 0.2) is 48.7 Å². The lowest BCUT2D eigenvalue weighted by Gasteiger charge is -2.19. The van der Waals surface area contributed by atoms with Crippen LogP contribution in [0, 0.1) is 11.3 Å². The molecule has 0 fully saturated rings. The molecule has 0 aliphatic heterocycles. The molecule has 6 nitrogen and oxygen atoms in total. The lowest BCUT2D eigenvalue weighted by molar-refractivity contribution is 0.0526. The smallest absolute Gasteiger partial charge is 0.407 e. The second kappa shape index (κ2) is 8.83. The molecule has 1 heterocycles. The number of amides is 1. The highest BCUT2D eigenvalue weighted by molar-refractivity contribution is 5.98. The van der Waals surface area contributed by atoms with Crippen molar-refractivity contribution in [2.24, 2.45) is 0 Å². The van der Waals surface area contributed by atoms with Gasteiger partial charge in [0.2, 0.25) is 0 Å². The number of rotatable bonds is 6. The van der Waals surface area contributed by atoms with E-state index >= 15 is 0 Å². The number of aromatic nitrogens is 1. The highest BCUT2D eigenvalue weighted by Gasteiger charge is 2.16. The monoisotopic (exact) mass is 403 g/mol. The molecule has 1 aromatic heterocycles. The van der Waals surface area contributed by atoms with Crippen molar-refractivity contribution in [3.8, 4) is 17.2 Å². The van der Waals surface area contributed by atoms with Crippen molar-refractivity contribution in [2.75, 3.05) is 6.54 Å². The standard InChI is InChI=1S/C24H25N3O3/c1-24(2,3)30-23(29)26-11-4-12-27-15-21(19-8-5-17(14-25)6-9-19)20-13-18(16-28)7-10-22(20)27/h5-10,13,15-16H,4,11-12H2,1-3H3,(H,26,29). The highest BCUT2D eigenvalue weighted by Crippen LogP contribution is 2.31. The summed E-state index contributed by atoms with van der Waals surface area (Å²) in [6.45, 7) is 6.68. The number of hydrogen-bond donors (Lipinski definition) is 1. The summed E-state index contributed by atoms with van der Waals surface area (Å²) in [5, 5.41) is 12.8. The van der Waals surface area contributed by atoms with Gasteiger partial charge in [0.1, 0.15) is 11.9 Å². The molecule has 0 radical (unpaired) electrons. The predicted octanol–water partition coefficient (Wildman–Crippen LogP) is 4.91. The summed E-state index contributed by atoms with van der Waals surface area (Å²) in [7, 11) is 0. The van der Waals surface area contributed by atoms with Crippen LogP contribution in [-0.2, 0) is 11.3 Å². The fourth-order valence-electron chi connectivity index (χ4n) is 3.28. The van der Waals surface area contributed by atoms with E-state index in [2.05, 4.69) is 16.0 Å². The van der Waals surface area contributed by atoms with Gasteiger partial charge in [-0.3, -0.25) is 4.79 Å². The van der Waals surface area contributed by atoms with E-state index in [-0.39, 0.29) is 0 Å². The van der Waals surface area contributed by atoms with E-state index in [1.54, 1.807) is 18.2 Å². The Bertz CT molecular complexity index is 1100. The van der Waals surface area contributed by atoms with Crippen molar-refractivity contribution in [1.82, 2.24) is 9.88 Å². The Hall–Kier alpha value is -3.59. The summed E-state index contributed by atoms with van der Waals surface area (Å²) >= 11 is 0. The van der Waals surface area contributed by atoms with Gasteiger partial charge in [0.15, 0.2) is 0 Å². The fraction of sp³-hybridized carbons (Fsp3) is 0.292. The van der Waals surface area contributed by atoms with Gasteiger partial charge in [-0.05, 0) is 63.1 Å². The Morgan fingerprint density at radius 2 is 1.93 bits per heavy atom. The molecular formula is C24H25N3O3. The number of nitriles is 1. The van der Waals surface area contributed by atoms with E-state index in [0.717, 1.165) is 34.7 Å². The molecule has 30 heavy (non-hydrogen) atoms. The Labute approximate surface area is 176 Å². The summed E-state index contributed by atoms with van der Waals surface area (Å²) < 4.78 is 7.37. The van der Waals surface area contributed by atoms with Crippen LogP contribution in [0.4, 0.5) is 4.79 Å². The lowest BCUT2D eigenvalue weighted by atomic mass is 10.0. The lowest BCUT2D eigenvalue weighted by Crippen LogP contribution is -2.33. The summed E-state index contributed by atoms with van der Waals surface area (Å²) in [6.07, 6.45) is 3.19. The number of nitrogens with one attached hydrogen (secondary N) is 1. The zero-order valence-corrected chi connectivity index (χ0v) is 17.4. The maximum Gasteiger partial charge on any atom is 0.407 e. The number of carbonyl (C=O) groups excluding carboxylic acids is 2. The third kappa shape index (κ3) is 5.06. The normalized spacial score (nSPS) is 11.1. The van der Waals surface area contributed by atoms with Crippen LogP contribution >= 0.6 is 0 Å². The SMILES string of the molecule is CC(C)(C)OC(=O)NCCCn1cc(-c2ccc(C#N)cc2)c2cc(C=O)ccc21. The third-order valence-corrected chi connectivity index (χ3v) is 4.61. The molecule has 0 spiro atoms. The van der Waals surface area contributed by atoms with Gasteiger partial charge >= 0.3 is 6.09 Å². The first kappa shape index (κ1) is 21.1. The summed E-state index contributed by atoms with van der Waals surface area (Å²) in [5.74, 6) is 0. The Morgan fingerprint density at radius 3 is 2.57 bits per heavy atom. The molecule has 1 amide bonds. The number of benzene rings is 2. The van der Waals surface area contributed by atoms with Gasteiger partial charge in [-0.25, -0.2) is 4.79 Å². The molecule has 3 aromatic rings. The number of fused-ring (bicyclic) bond motifs is 1. The van der Waals surface area contributed by atoms with Crippen LogP contribution in [0.3, 0.4) is 0 Å². The number of aryl methyl sites for hydroxylation is 1. The molecule has 0 aliphatic rings. The topological polar surface area (TPSA) is 84.1 Å². The van der Waals surface area contributed by atoms with Crippen molar-refractivity contribution in [1.29, 1.82) is 5.26 Å². The average Bonchev–Trinajstić information content (AvgIpc) is 3.07. The summed E-state index contributed by atoms with van der Waals surface area (Å²) in [6, 6.07) is 15.1. The van der Waals surface area contributed by atoms with E-state index in [9.17, 15) is 9.59 Å². The van der Waals surface area contributed by atoms with Gasteiger partial charge < -0.3 is 14.6 Å². The minimum atomic E-state index is -0.521. The van der Waals surface area contributed by atoms with E-state index < -0.39 is 11.7 Å². The Kier molecular flexibility index (Phi) is 6.22. The molecule has 2 aromatic carbocycles. The number of aldehydes is 1. The van der Waals surface area contributed by atoms with Crippen LogP contribution in [0.2, 0.25) is 0 Å². The number of carbonyl (C=O) groups is 2. The third-order valence-electron chi connectivity index (χ3n) is 4.61. The van der Waals surface area contributed by atoms with Crippen molar-refractivity contribution >= 4 is 23.3 Å². The predicted molar refractivity (Wildman–Crippen MR) is 116 cm³/mol. The molecule has 0 aliphatic carbocycles. The van der Waals surface area contributed by atoms with E-state index in [1.165, 1.54) is 0 Å². The molecule has 6 heteroatoms. The molecule has 0 unspecified atom stereocenters. The maximum atomic E-state index is 11.8. The van der Waals surface area contributed by atoms with Crippen LogP contribution in [-0.4, -0.2) is 29.1 Å². The average molecular weight is 403 g/mol. The van der Waals surface area contributed by atoms with Crippen LogP contribution in [0.1, 0.15) is 43.1 Å². The van der Waals surface area contributed by atoms with Gasteiger partial charge in [0, 0.05) is 41.3 Å². The van der Waals surface area contributed by atoms with Crippen molar-refractivity contribution < 1.29 is 14.3 Å². The zero-order chi connectivity index (χ0) is 21.7. The molecule has 0 bridgehead atoms. The summed E-state index contributed by atoms with van der Waals surface area (Å²) in [4.78, 5) is 23.1. The molecule has 0 atom stereocenters. The van der Waals surface area contributed by atoms with Crippen LogP contribution in [0.5, 0.6) is 0 Å². The fourth-order valence-corrected chi connectivity index (χ4v) is 3.28. The molecule has 0 saturated heterocycles. The minimum Gasteiger partial charge on any atom is -0.444 e. The molecule has 0 saturated carbocycles. The van der Waals surface area contributed by atoms with Gasteiger partial charge in [0.25, 0.3) is 0 Å². The quantitative estimate of drug-likeness (QED) is 0.468. The Morgan fingerprint density at radius 1 is 1.20 bits per heavy atom. The zero-order valence-electron chi connectivity index (χ0n) is 17.4. The van der Waals surface area contributed by atoms with Crippen molar-refractivity contribution in [2.45, 2.75) is 39.3 Å². The first-order valence-corrected chi connectivity index (χ1v) is 9.86. The number of hydrogen-bond acceptors (Lipinski definition) is 4. The second-order valence-corrected chi connectivity index (χ2v) is 8.10. The second-order valence-electron chi connectivity index (χ2n) is 8.10. The van der Waals surface area contributed by atoms with Crippen molar-refractivity contribution in [3.63, 3.8) is 0 Å². The van der Waals surface area contributed by atoms with Crippen LogP contribution < -0.4 is 5.32 Å². The van der Waals surface area contributed by atoms with E-state index in [0.29, 0.717) is 24.2 Å². The maximum absolute atomic E-state index is 11.8. The summed E-state index contributed by atoms with van der Waals surface area (Å²) in [5.41, 5.74) is 3.68. The molecule has 154 valence electrons. The number of alkyl carbamates (subject to hydrolysis) is 1. The van der Waals surface area contributed by atoms with Crippen LogP contribution in [0.25, 0.3) is 22.0 Å². The molecule has 1 N–H and O–H groups in total. The van der Waals surface area contributed by atoms with E-state index in [1.807, 2.05) is 51.2 Å². The van der Waals surface area contributed by atoms with Gasteiger partial charge in [-0.15, -0.1) is 0 Å².